The van der Waals surface area contributed by atoms with Gasteiger partial charge in [0.05, 0.1) is 25.8 Å². The van der Waals surface area contributed by atoms with Crippen LogP contribution in [-0.4, -0.2) is 35.8 Å². The first-order valence-corrected chi connectivity index (χ1v) is 8.56. The maximum atomic E-state index is 14.5. The summed E-state index contributed by atoms with van der Waals surface area (Å²) >= 11 is 0. The summed E-state index contributed by atoms with van der Waals surface area (Å²) in [5.74, 6) is -1.95. The van der Waals surface area contributed by atoms with Crippen molar-refractivity contribution in [1.29, 1.82) is 0 Å². The zero-order valence-electron chi connectivity index (χ0n) is 16.1. The van der Waals surface area contributed by atoms with E-state index in [1.54, 1.807) is 27.7 Å². The van der Waals surface area contributed by atoms with E-state index in [4.69, 9.17) is 13.4 Å². The maximum Gasteiger partial charge on any atom is 0.497 e. The quantitative estimate of drug-likeness (QED) is 0.780. The van der Waals surface area contributed by atoms with Crippen molar-refractivity contribution >= 4 is 22.3 Å². The molecule has 0 aromatic heterocycles. The predicted molar refractivity (Wildman–Crippen MR) is 82.8 cm³/mol. The van der Waals surface area contributed by atoms with Gasteiger partial charge in [-0.1, -0.05) is 0 Å². The Morgan fingerprint density at radius 2 is 1.73 bits per heavy atom. The van der Waals surface area contributed by atoms with Crippen molar-refractivity contribution in [3.05, 3.63) is 23.8 Å². The van der Waals surface area contributed by atoms with Crippen LogP contribution in [0.25, 0.3) is 0 Å². The number of nitrogens with zero attached hydrogens (tertiary/aromatic N) is 1. The Kier molecular flexibility index (Phi) is 3.23. The number of hydrogen-bond donors (Lipinski definition) is 0. The Hall–Kier alpha value is -0.985. The van der Waals surface area contributed by atoms with E-state index >= 15 is 0 Å². The molecule has 2 rings (SSSR count). The van der Waals surface area contributed by atoms with Crippen LogP contribution in [0, 0.1) is 11.6 Å². The van der Waals surface area contributed by atoms with Crippen LogP contribution in [-0.2, 0) is 19.0 Å². The average Bonchev–Trinajstić information content (AvgIpc) is 2.57. The molecule has 8 heteroatoms. The molecule has 1 aromatic rings. The molecule has 1 aliphatic rings. The lowest BCUT2D eigenvalue weighted by Gasteiger charge is -2.32. The van der Waals surface area contributed by atoms with Crippen LogP contribution in [0.1, 0.15) is 31.8 Å². The molecule has 1 aliphatic heterocycles. The maximum absolute atomic E-state index is 14.5. The van der Waals surface area contributed by atoms with Crippen molar-refractivity contribution in [3.8, 4) is 0 Å². The van der Waals surface area contributed by atoms with E-state index in [1.165, 1.54) is 0 Å². The van der Waals surface area contributed by atoms with Crippen molar-refractivity contribution in [2.75, 3.05) is 13.2 Å². The molecule has 22 heavy (non-hydrogen) atoms. The topological polar surface area (TPSA) is 47.9 Å². The molecular weight excluding hydrogens is 311 g/mol. The van der Waals surface area contributed by atoms with Gasteiger partial charge >= 0.3 is 7.12 Å². The second-order valence-corrected chi connectivity index (χ2v) is 8.51. The molecule has 4 nitrogen and oxygen atoms in total. The van der Waals surface area contributed by atoms with Gasteiger partial charge in [-0.25, -0.2) is 17.4 Å². The van der Waals surface area contributed by atoms with E-state index in [0.717, 1.165) is 12.3 Å². The van der Waals surface area contributed by atoms with Gasteiger partial charge in [0.25, 0.3) is 0 Å². The van der Waals surface area contributed by atoms with Crippen LogP contribution in [0.5, 0.6) is 0 Å². The molecule has 1 aromatic carbocycles. The van der Waals surface area contributed by atoms with Crippen molar-refractivity contribution in [1.82, 2.24) is 0 Å². The van der Waals surface area contributed by atoms with Crippen molar-refractivity contribution in [2.45, 2.75) is 43.8 Å². The van der Waals surface area contributed by atoms with Gasteiger partial charge in [-0.15, -0.1) is 0 Å². The zero-order valence-corrected chi connectivity index (χ0v) is 13.9. The third-order valence-corrected chi connectivity index (χ3v) is 5.62. The van der Waals surface area contributed by atoms with E-state index in [1.807, 2.05) is 0 Å². The highest BCUT2D eigenvalue weighted by atomic mass is 32.2. The minimum Gasteiger partial charge on any atom is -0.399 e. The Labute approximate surface area is 134 Å². The summed E-state index contributed by atoms with van der Waals surface area (Å²) in [5.41, 5.74) is -1.67. The Morgan fingerprint density at radius 1 is 1.18 bits per heavy atom. The molecule has 0 radical (unpaired) electrons. The molecule has 0 amide bonds. The molecule has 1 atom stereocenters. The molecule has 0 saturated carbocycles. The van der Waals surface area contributed by atoms with Gasteiger partial charge in [0.1, 0.15) is 11.6 Å². The van der Waals surface area contributed by atoms with Crippen molar-refractivity contribution in [2.24, 2.45) is 4.36 Å². The molecule has 1 unspecified atom stereocenters. The summed E-state index contributed by atoms with van der Waals surface area (Å²) in [6.45, 7) is 4.18. The van der Waals surface area contributed by atoms with Crippen molar-refractivity contribution in [3.63, 3.8) is 0 Å². The molecule has 0 aliphatic carbocycles. The number of halogens is 2. The number of rotatable bonds is 2. The first kappa shape index (κ1) is 13.5. The second kappa shape index (κ2) is 5.28. The van der Waals surface area contributed by atoms with Crippen molar-refractivity contribution < 1.29 is 26.4 Å². The summed E-state index contributed by atoms with van der Waals surface area (Å²) in [6.07, 6.45) is 0.950. The van der Waals surface area contributed by atoms with Crippen LogP contribution in [0.4, 0.5) is 8.78 Å². The summed E-state index contributed by atoms with van der Waals surface area (Å²) in [7, 11) is -4.78. The van der Waals surface area contributed by atoms with E-state index < -0.39 is 51.6 Å². The lowest BCUT2D eigenvalue weighted by molar-refractivity contribution is 0.00578. The highest BCUT2D eigenvalue weighted by Gasteiger charge is 2.52. The fraction of sp³-hybridized carbons (Fsp3) is 0.571. The summed E-state index contributed by atoms with van der Waals surface area (Å²) in [4.78, 5) is -0.610. The van der Waals surface area contributed by atoms with Crippen LogP contribution in [0.2, 0.25) is 0 Å². The first-order chi connectivity index (χ1) is 11.1. The van der Waals surface area contributed by atoms with E-state index in [2.05, 4.69) is 4.36 Å². The van der Waals surface area contributed by atoms with Crippen LogP contribution >= 0.6 is 0 Å². The number of hydrogen-bond acceptors (Lipinski definition) is 4. The van der Waals surface area contributed by atoms with Crippen LogP contribution < -0.4 is 5.46 Å². The highest BCUT2D eigenvalue weighted by Crippen LogP contribution is 2.36. The third-order valence-electron chi connectivity index (χ3n) is 4.14. The fourth-order valence-electron chi connectivity index (χ4n) is 2.03. The van der Waals surface area contributed by atoms with E-state index in [0.29, 0.717) is 6.07 Å². The smallest absolute Gasteiger partial charge is 0.399 e. The van der Waals surface area contributed by atoms with Crippen LogP contribution in [0.15, 0.2) is 21.4 Å². The highest BCUT2D eigenvalue weighted by molar-refractivity contribution is 7.93. The van der Waals surface area contributed by atoms with Gasteiger partial charge < -0.3 is 9.31 Å². The molecule has 1 fully saturated rings. The summed E-state index contributed by atoms with van der Waals surface area (Å²) < 4.78 is 77.0. The molecule has 0 N–H and O–H groups in total. The van der Waals surface area contributed by atoms with Crippen LogP contribution in [0.3, 0.4) is 0 Å². The molecular formula is C14H20BF2NO3S. The lowest BCUT2D eigenvalue weighted by atomic mass is 9.78. The Balaban J connectivity index is 2.50. The minimum absolute atomic E-state index is 0.191. The summed E-state index contributed by atoms with van der Waals surface area (Å²) in [5, 5.41) is 0. The number of benzene rings is 1. The van der Waals surface area contributed by atoms with Gasteiger partial charge in [-0.2, -0.15) is 0 Å². The molecule has 122 valence electrons. The lowest BCUT2D eigenvalue weighted by Crippen LogP contribution is -2.41. The fourth-order valence-corrected chi connectivity index (χ4v) is 2.88. The molecule has 0 bridgehead atoms. The Bertz CT molecular complexity index is 804. The van der Waals surface area contributed by atoms with Gasteiger partial charge in [-0.05, 0) is 39.8 Å². The minimum atomic E-state index is -3.64. The monoisotopic (exact) mass is 334 g/mol. The zero-order chi connectivity index (χ0) is 19.4. The largest absolute Gasteiger partial charge is 0.497 e. The second-order valence-electron chi connectivity index (χ2n) is 6.29. The van der Waals surface area contributed by atoms with Gasteiger partial charge in [0, 0.05) is 22.8 Å². The molecule has 0 spiro atoms. The molecule has 1 heterocycles. The standard InChI is InChI=1S/C14H20BF2NO3S/c1-13(2)14(3,4)21-15(20-13)9-7-11(17)12(8-10(9)16)22(6,19)18-5/h7-8H,1-6H3/i5D3. The SMILES string of the molecule is [2H]C([2H])([2H])N=S(C)(=O)c1cc(F)c(B2OC(C)(C)C(C)(C)O2)cc1F. The van der Waals surface area contributed by atoms with Gasteiger partial charge in [0.15, 0.2) is 0 Å². The normalized spacial score (nSPS) is 25.0. The predicted octanol–water partition coefficient (Wildman–Crippen LogP) is 2.35. The Morgan fingerprint density at radius 3 is 2.23 bits per heavy atom. The molecule has 1 saturated heterocycles. The van der Waals surface area contributed by atoms with E-state index in [9.17, 15) is 13.0 Å². The summed E-state index contributed by atoms with van der Waals surface area (Å²) in [6, 6.07) is 1.50. The van der Waals surface area contributed by atoms with Gasteiger partial charge in [-0.3, -0.25) is 0 Å². The first-order valence-electron chi connectivity index (χ1n) is 8.14. The van der Waals surface area contributed by atoms with E-state index in [-0.39, 0.29) is 5.46 Å². The van der Waals surface area contributed by atoms with Gasteiger partial charge in [0.2, 0.25) is 0 Å². The average molecular weight is 334 g/mol. The third kappa shape index (κ3) is 2.79.